The van der Waals surface area contributed by atoms with Gasteiger partial charge >= 0.3 is 12.3 Å². The zero-order valence-corrected chi connectivity index (χ0v) is 9.45. The molecule has 1 aliphatic rings. The lowest BCUT2D eigenvalue weighted by atomic mass is 10.0. The first kappa shape index (κ1) is 14.6. The Morgan fingerprint density at radius 2 is 1.41 bits per heavy atom. The van der Waals surface area contributed by atoms with Crippen molar-refractivity contribution < 1.29 is 34.6 Å². The minimum absolute atomic E-state index is 0.0519. The van der Waals surface area contributed by atoms with Crippen LogP contribution < -0.4 is 0 Å². The van der Waals surface area contributed by atoms with E-state index in [2.05, 4.69) is 4.18 Å². The molecule has 1 aliphatic carbocycles. The van der Waals surface area contributed by atoms with E-state index < -0.39 is 27.7 Å². The second-order valence-corrected chi connectivity index (χ2v) is 5.67. The van der Waals surface area contributed by atoms with E-state index >= 15 is 0 Å². The van der Waals surface area contributed by atoms with Gasteiger partial charge in [0.2, 0.25) is 0 Å². The summed E-state index contributed by atoms with van der Waals surface area (Å²) in [4.78, 5) is 0. The Balaban J connectivity index is 2.79. The summed E-state index contributed by atoms with van der Waals surface area (Å²) in [6.07, 6.45) is -9.90. The van der Waals surface area contributed by atoms with Gasteiger partial charge in [0.15, 0.2) is 0 Å². The quantitative estimate of drug-likeness (QED) is 0.590. The van der Waals surface area contributed by atoms with Crippen LogP contribution in [0.1, 0.15) is 32.1 Å². The highest BCUT2D eigenvalue weighted by Gasteiger charge is 2.62. The fourth-order valence-electron chi connectivity index (χ4n) is 1.61. The van der Waals surface area contributed by atoms with Gasteiger partial charge in [-0.25, -0.2) is 0 Å². The van der Waals surface area contributed by atoms with Crippen molar-refractivity contribution in [1.29, 1.82) is 0 Å². The Kier molecular flexibility index (Phi) is 4.02. The van der Waals surface area contributed by atoms with Gasteiger partial charge < -0.3 is 0 Å². The average molecular weight is 282 g/mol. The first-order chi connectivity index (χ1) is 7.56. The van der Waals surface area contributed by atoms with Gasteiger partial charge in [0, 0.05) is 0 Å². The van der Waals surface area contributed by atoms with Crippen LogP contribution in [0.25, 0.3) is 0 Å². The lowest BCUT2D eigenvalue weighted by Gasteiger charge is -2.25. The largest absolute Gasteiger partial charge is 0.484 e. The summed E-state index contributed by atoms with van der Waals surface area (Å²) in [6, 6.07) is 0. The van der Waals surface area contributed by atoms with E-state index in [1.807, 2.05) is 0 Å². The molecule has 0 amide bonds. The Morgan fingerprint density at radius 3 is 1.82 bits per heavy atom. The molecule has 0 aromatic heterocycles. The molecule has 0 spiro atoms. The van der Waals surface area contributed by atoms with Gasteiger partial charge in [0.1, 0.15) is 0 Å². The zero-order chi connectivity index (χ0) is 13.3. The highest BCUT2D eigenvalue weighted by Crippen LogP contribution is 2.39. The van der Waals surface area contributed by atoms with Crippen molar-refractivity contribution in [2.45, 2.75) is 49.6 Å². The van der Waals surface area contributed by atoms with E-state index in [4.69, 9.17) is 0 Å². The molecule has 102 valence electrons. The number of hydrogen-bond donors (Lipinski definition) is 0. The molecule has 1 saturated carbocycles. The van der Waals surface area contributed by atoms with Gasteiger partial charge in [-0.05, 0) is 12.8 Å². The topological polar surface area (TPSA) is 43.4 Å². The number of rotatable bonds is 3. The third-order valence-corrected chi connectivity index (χ3v) is 4.24. The molecule has 0 aromatic rings. The number of halogens is 5. The molecule has 0 saturated heterocycles. The van der Waals surface area contributed by atoms with Gasteiger partial charge in [-0.15, -0.1) is 0 Å². The molecule has 0 heterocycles. The number of alkyl halides is 5. The fourth-order valence-corrected chi connectivity index (χ4v) is 3.05. The third-order valence-electron chi connectivity index (χ3n) is 2.51. The fraction of sp³-hybridized carbons (Fsp3) is 1.00. The standard InChI is InChI=1S/C8H11F5O3S/c9-7(10,11)8(12,13)16-17(14,15)6-4-2-1-3-5-6/h6H,1-5H2. The maximum Gasteiger partial charge on any atom is 0.484 e. The van der Waals surface area contributed by atoms with Crippen molar-refractivity contribution in [2.75, 3.05) is 0 Å². The lowest BCUT2D eigenvalue weighted by Crippen LogP contribution is -2.43. The van der Waals surface area contributed by atoms with E-state index in [0.29, 0.717) is 12.8 Å². The van der Waals surface area contributed by atoms with E-state index in [1.54, 1.807) is 0 Å². The summed E-state index contributed by atoms with van der Waals surface area (Å²) >= 11 is 0. The molecule has 9 heteroatoms. The van der Waals surface area contributed by atoms with Crippen LogP contribution in [0, 0.1) is 0 Å². The molecule has 1 rings (SSSR count). The Hall–Kier alpha value is -0.440. The molecular weight excluding hydrogens is 271 g/mol. The molecule has 17 heavy (non-hydrogen) atoms. The molecule has 0 aromatic carbocycles. The summed E-state index contributed by atoms with van der Waals surface area (Å²) in [5, 5.41) is -1.27. The first-order valence-corrected chi connectivity index (χ1v) is 6.42. The van der Waals surface area contributed by atoms with Crippen molar-refractivity contribution in [3.63, 3.8) is 0 Å². The van der Waals surface area contributed by atoms with Gasteiger partial charge in [-0.2, -0.15) is 34.6 Å². The molecule has 0 unspecified atom stereocenters. The minimum atomic E-state index is -6.03. The van der Waals surface area contributed by atoms with E-state index in [0.717, 1.165) is 6.42 Å². The second kappa shape index (κ2) is 4.68. The predicted molar refractivity (Wildman–Crippen MR) is 47.9 cm³/mol. The summed E-state index contributed by atoms with van der Waals surface area (Å²) in [6.45, 7) is 0. The van der Waals surface area contributed by atoms with Crippen molar-refractivity contribution in [3.05, 3.63) is 0 Å². The summed E-state index contributed by atoms with van der Waals surface area (Å²) in [5.41, 5.74) is 0. The smallest absolute Gasteiger partial charge is 0.199 e. The van der Waals surface area contributed by atoms with Gasteiger partial charge in [0.05, 0.1) is 5.25 Å². The third kappa shape index (κ3) is 3.51. The summed E-state index contributed by atoms with van der Waals surface area (Å²) in [7, 11) is -4.89. The predicted octanol–water partition coefficient (Wildman–Crippen LogP) is 2.82. The van der Waals surface area contributed by atoms with Crippen LogP contribution in [-0.4, -0.2) is 26.0 Å². The molecular formula is C8H11F5O3S. The van der Waals surface area contributed by atoms with Crippen LogP contribution in [0.5, 0.6) is 0 Å². The highest BCUT2D eigenvalue weighted by molar-refractivity contribution is 7.87. The Morgan fingerprint density at radius 1 is 0.941 bits per heavy atom. The van der Waals surface area contributed by atoms with E-state index in [1.165, 1.54) is 0 Å². The summed E-state index contributed by atoms with van der Waals surface area (Å²) in [5.74, 6) is 0. The molecule has 3 nitrogen and oxygen atoms in total. The van der Waals surface area contributed by atoms with E-state index in [9.17, 15) is 30.4 Å². The zero-order valence-electron chi connectivity index (χ0n) is 8.64. The van der Waals surface area contributed by atoms with Crippen LogP contribution in [0.15, 0.2) is 0 Å². The molecule has 0 atom stereocenters. The van der Waals surface area contributed by atoms with Gasteiger partial charge in [-0.3, -0.25) is 0 Å². The van der Waals surface area contributed by atoms with Crippen LogP contribution >= 0.6 is 0 Å². The van der Waals surface area contributed by atoms with Crippen molar-refractivity contribution in [2.24, 2.45) is 0 Å². The maximum absolute atomic E-state index is 12.5. The van der Waals surface area contributed by atoms with Crippen molar-refractivity contribution in [3.8, 4) is 0 Å². The van der Waals surface area contributed by atoms with Crippen molar-refractivity contribution >= 4 is 10.1 Å². The molecule has 0 bridgehead atoms. The first-order valence-electron chi connectivity index (χ1n) is 4.95. The molecule has 0 N–H and O–H groups in total. The average Bonchev–Trinajstić information content (AvgIpc) is 2.15. The monoisotopic (exact) mass is 282 g/mol. The van der Waals surface area contributed by atoms with Crippen LogP contribution in [0.2, 0.25) is 0 Å². The molecule has 0 aliphatic heterocycles. The summed E-state index contributed by atoms with van der Waals surface area (Å²) < 4.78 is 85.8. The minimum Gasteiger partial charge on any atom is -0.199 e. The van der Waals surface area contributed by atoms with Crippen LogP contribution in [-0.2, 0) is 14.3 Å². The van der Waals surface area contributed by atoms with Crippen LogP contribution in [0.4, 0.5) is 22.0 Å². The second-order valence-electron chi connectivity index (χ2n) is 3.85. The Bertz CT molecular complexity index is 356. The highest BCUT2D eigenvalue weighted by atomic mass is 32.2. The van der Waals surface area contributed by atoms with E-state index in [-0.39, 0.29) is 12.8 Å². The SMILES string of the molecule is O=S(=O)(OC(F)(F)C(F)(F)F)C1CCCCC1. The maximum atomic E-state index is 12.5. The van der Waals surface area contributed by atoms with Gasteiger partial charge in [-0.1, -0.05) is 19.3 Å². The van der Waals surface area contributed by atoms with Crippen LogP contribution in [0.3, 0.4) is 0 Å². The molecule has 0 radical (unpaired) electrons. The Labute approximate surface area is 95.1 Å². The van der Waals surface area contributed by atoms with Gasteiger partial charge in [0.25, 0.3) is 10.1 Å². The number of hydrogen-bond acceptors (Lipinski definition) is 3. The lowest BCUT2D eigenvalue weighted by molar-refractivity contribution is -0.359. The normalized spacial score (nSPS) is 20.5. The molecule has 1 fully saturated rings. The van der Waals surface area contributed by atoms with Crippen molar-refractivity contribution in [1.82, 2.24) is 0 Å².